The Morgan fingerprint density at radius 3 is 2.61 bits per heavy atom. The van der Waals surface area contributed by atoms with Gasteiger partial charge >= 0.3 is 0 Å². The van der Waals surface area contributed by atoms with E-state index < -0.39 is 0 Å². The summed E-state index contributed by atoms with van der Waals surface area (Å²) in [5.74, 6) is 0.986. The van der Waals surface area contributed by atoms with Crippen molar-refractivity contribution in [3.8, 4) is 5.75 Å². The third-order valence-corrected chi connectivity index (χ3v) is 3.07. The molecule has 0 saturated carbocycles. The van der Waals surface area contributed by atoms with Crippen LogP contribution in [0.4, 0.5) is 0 Å². The van der Waals surface area contributed by atoms with Gasteiger partial charge in [-0.3, -0.25) is 0 Å². The second-order valence-corrected chi connectivity index (χ2v) is 4.60. The van der Waals surface area contributed by atoms with Crippen LogP contribution in [0, 0.1) is 6.92 Å². The quantitative estimate of drug-likeness (QED) is 0.720. The second-order valence-electron chi connectivity index (χ2n) is 4.60. The average molecular weight is 251 g/mol. The van der Waals surface area contributed by atoms with Crippen molar-refractivity contribution < 1.29 is 9.47 Å². The van der Waals surface area contributed by atoms with Crippen LogP contribution in [0.1, 0.15) is 36.9 Å². The lowest BCUT2D eigenvalue weighted by molar-refractivity contribution is 0.184. The van der Waals surface area contributed by atoms with E-state index >= 15 is 0 Å². The zero-order valence-electron chi connectivity index (χ0n) is 12.0. The first-order chi connectivity index (χ1) is 8.69. The molecule has 18 heavy (non-hydrogen) atoms. The summed E-state index contributed by atoms with van der Waals surface area (Å²) in [5, 5.41) is 3.26. The molecule has 0 amide bonds. The van der Waals surface area contributed by atoms with Gasteiger partial charge in [0.25, 0.3) is 0 Å². The molecule has 102 valence electrons. The lowest BCUT2D eigenvalue weighted by atomic mass is 10.0. The molecular formula is C15H25NO2. The smallest absolute Gasteiger partial charge is 0.124 e. The molecule has 0 heterocycles. The summed E-state index contributed by atoms with van der Waals surface area (Å²) < 4.78 is 10.9. The molecule has 1 aromatic rings. The Kier molecular flexibility index (Phi) is 6.76. The molecule has 0 fully saturated rings. The Hall–Kier alpha value is -1.06. The van der Waals surface area contributed by atoms with E-state index in [4.69, 9.17) is 9.47 Å². The van der Waals surface area contributed by atoms with Crippen molar-refractivity contribution in [3.05, 3.63) is 29.3 Å². The van der Waals surface area contributed by atoms with Gasteiger partial charge in [0.2, 0.25) is 0 Å². The zero-order valence-corrected chi connectivity index (χ0v) is 12.0. The van der Waals surface area contributed by atoms with Crippen LogP contribution >= 0.6 is 0 Å². The summed E-state index contributed by atoms with van der Waals surface area (Å²) in [5.41, 5.74) is 2.49. The standard InChI is InChI=1S/C15H25NO2/c1-12-7-8-15(14(11-12)13(2)16-3)18-10-6-5-9-17-4/h7-8,11,13,16H,5-6,9-10H2,1-4H3. The van der Waals surface area contributed by atoms with Crippen LogP contribution < -0.4 is 10.1 Å². The SMILES string of the molecule is CNC(C)c1cc(C)ccc1OCCCCOC. The van der Waals surface area contributed by atoms with E-state index in [9.17, 15) is 0 Å². The molecule has 0 radical (unpaired) electrons. The van der Waals surface area contributed by atoms with Gasteiger partial charge in [-0.05, 0) is 39.8 Å². The van der Waals surface area contributed by atoms with Crippen molar-refractivity contribution in [1.82, 2.24) is 5.32 Å². The van der Waals surface area contributed by atoms with E-state index in [0.717, 1.165) is 31.8 Å². The van der Waals surface area contributed by atoms with E-state index in [1.807, 2.05) is 7.05 Å². The number of aryl methyl sites for hydroxylation is 1. The fourth-order valence-corrected chi connectivity index (χ4v) is 1.82. The molecule has 3 heteroatoms. The monoisotopic (exact) mass is 251 g/mol. The van der Waals surface area contributed by atoms with Crippen molar-refractivity contribution in [2.75, 3.05) is 27.4 Å². The van der Waals surface area contributed by atoms with Crippen molar-refractivity contribution in [1.29, 1.82) is 0 Å². The van der Waals surface area contributed by atoms with Crippen molar-refractivity contribution in [2.24, 2.45) is 0 Å². The highest BCUT2D eigenvalue weighted by atomic mass is 16.5. The number of hydrogen-bond acceptors (Lipinski definition) is 3. The highest BCUT2D eigenvalue weighted by molar-refractivity contribution is 5.38. The predicted octanol–water partition coefficient (Wildman–Crippen LogP) is 3.08. The summed E-state index contributed by atoms with van der Waals surface area (Å²) >= 11 is 0. The summed E-state index contributed by atoms with van der Waals surface area (Å²) in [4.78, 5) is 0. The Morgan fingerprint density at radius 2 is 1.94 bits per heavy atom. The maximum atomic E-state index is 5.87. The van der Waals surface area contributed by atoms with Crippen LogP contribution in [0.5, 0.6) is 5.75 Å². The number of benzene rings is 1. The van der Waals surface area contributed by atoms with Gasteiger partial charge in [0, 0.05) is 25.3 Å². The second kappa shape index (κ2) is 8.11. The summed E-state index contributed by atoms with van der Waals surface area (Å²) in [6, 6.07) is 6.65. The molecule has 1 aromatic carbocycles. The van der Waals surface area contributed by atoms with Crippen molar-refractivity contribution in [2.45, 2.75) is 32.7 Å². The first-order valence-corrected chi connectivity index (χ1v) is 6.58. The Labute approximate surface area is 110 Å². The maximum Gasteiger partial charge on any atom is 0.124 e. The third-order valence-electron chi connectivity index (χ3n) is 3.07. The molecule has 0 bridgehead atoms. The number of nitrogens with one attached hydrogen (secondary N) is 1. The van der Waals surface area contributed by atoms with Crippen molar-refractivity contribution in [3.63, 3.8) is 0 Å². The van der Waals surface area contributed by atoms with E-state index in [1.165, 1.54) is 11.1 Å². The molecule has 0 saturated heterocycles. The normalized spacial score (nSPS) is 12.4. The molecule has 0 aromatic heterocycles. The Morgan fingerprint density at radius 1 is 1.22 bits per heavy atom. The van der Waals surface area contributed by atoms with Crippen LogP contribution in [0.25, 0.3) is 0 Å². The maximum absolute atomic E-state index is 5.87. The number of methoxy groups -OCH3 is 1. The fraction of sp³-hybridized carbons (Fsp3) is 0.600. The molecular weight excluding hydrogens is 226 g/mol. The number of rotatable bonds is 8. The first kappa shape index (κ1) is 15.0. The largest absolute Gasteiger partial charge is 0.493 e. The minimum Gasteiger partial charge on any atom is -0.493 e. The minimum absolute atomic E-state index is 0.305. The Balaban J connectivity index is 2.58. The molecule has 1 N–H and O–H groups in total. The summed E-state index contributed by atoms with van der Waals surface area (Å²) in [6.07, 6.45) is 2.06. The average Bonchev–Trinajstić information content (AvgIpc) is 2.39. The fourth-order valence-electron chi connectivity index (χ4n) is 1.82. The highest BCUT2D eigenvalue weighted by Crippen LogP contribution is 2.26. The predicted molar refractivity (Wildman–Crippen MR) is 75.3 cm³/mol. The molecule has 1 atom stereocenters. The van der Waals surface area contributed by atoms with Crippen LogP contribution in [-0.4, -0.2) is 27.4 Å². The van der Waals surface area contributed by atoms with Gasteiger partial charge in [0.1, 0.15) is 5.75 Å². The van der Waals surface area contributed by atoms with Gasteiger partial charge in [0.05, 0.1) is 6.61 Å². The molecule has 0 aliphatic rings. The summed E-state index contributed by atoms with van der Waals surface area (Å²) in [6.45, 7) is 5.80. The van der Waals surface area contributed by atoms with Gasteiger partial charge in [-0.15, -0.1) is 0 Å². The van der Waals surface area contributed by atoms with Gasteiger partial charge in [-0.25, -0.2) is 0 Å². The number of hydrogen-bond donors (Lipinski definition) is 1. The minimum atomic E-state index is 0.305. The lowest BCUT2D eigenvalue weighted by Gasteiger charge is -2.17. The highest BCUT2D eigenvalue weighted by Gasteiger charge is 2.10. The zero-order chi connectivity index (χ0) is 13.4. The number of ether oxygens (including phenoxy) is 2. The molecule has 0 aliphatic heterocycles. The summed E-state index contributed by atoms with van der Waals surface area (Å²) in [7, 11) is 3.70. The molecule has 1 rings (SSSR count). The topological polar surface area (TPSA) is 30.5 Å². The van der Waals surface area contributed by atoms with Gasteiger partial charge in [-0.1, -0.05) is 17.7 Å². The lowest BCUT2D eigenvalue weighted by Crippen LogP contribution is -2.14. The number of unbranched alkanes of at least 4 members (excludes halogenated alkanes) is 1. The first-order valence-electron chi connectivity index (χ1n) is 6.58. The molecule has 1 unspecified atom stereocenters. The van der Waals surface area contributed by atoms with Crippen LogP contribution in [0.15, 0.2) is 18.2 Å². The van der Waals surface area contributed by atoms with Crippen LogP contribution in [-0.2, 0) is 4.74 Å². The van der Waals surface area contributed by atoms with Gasteiger partial charge in [-0.2, -0.15) is 0 Å². The molecule has 3 nitrogen and oxygen atoms in total. The van der Waals surface area contributed by atoms with Gasteiger partial charge < -0.3 is 14.8 Å². The van der Waals surface area contributed by atoms with Crippen LogP contribution in [0.3, 0.4) is 0 Å². The van der Waals surface area contributed by atoms with Crippen LogP contribution in [0.2, 0.25) is 0 Å². The van der Waals surface area contributed by atoms with E-state index in [-0.39, 0.29) is 0 Å². The van der Waals surface area contributed by atoms with Gasteiger partial charge in [0.15, 0.2) is 0 Å². The third kappa shape index (κ3) is 4.67. The van der Waals surface area contributed by atoms with E-state index in [0.29, 0.717) is 6.04 Å². The molecule has 0 spiro atoms. The van der Waals surface area contributed by atoms with E-state index in [2.05, 4.69) is 37.4 Å². The van der Waals surface area contributed by atoms with Crippen molar-refractivity contribution >= 4 is 0 Å². The Bertz CT molecular complexity index is 352. The van der Waals surface area contributed by atoms with E-state index in [1.54, 1.807) is 7.11 Å². The molecule has 0 aliphatic carbocycles.